The number of hydrogen-bond donors (Lipinski definition) is 1. The molecule has 1 rings (SSSR count). The number of alkyl halides is 1. The first-order valence-electron chi connectivity index (χ1n) is 3.48. The Labute approximate surface area is 75.1 Å². The van der Waals surface area contributed by atoms with Crippen molar-refractivity contribution in [2.75, 3.05) is 16.9 Å². The molecule has 1 aromatic carbocycles. The molecule has 1 aromatic rings. The third kappa shape index (κ3) is 2.52. The number of hydrogen-bond acceptors (Lipinski definition) is 2. The summed E-state index contributed by atoms with van der Waals surface area (Å²) in [6.07, 6.45) is 0. The van der Waals surface area contributed by atoms with Gasteiger partial charge in [-0.05, 0) is 12.1 Å². The molecule has 0 heterocycles. The Bertz CT molecular complexity index is 201. The fourth-order valence-corrected chi connectivity index (χ4v) is 1.22. The first kappa shape index (κ1) is 8.56. The molecule has 0 bridgehead atoms. The number of nitrogens with zero attached hydrogens (tertiary/aromatic N) is 1. The summed E-state index contributed by atoms with van der Waals surface area (Å²) in [6.45, 7) is 0.823. The number of benzene rings is 1. The van der Waals surface area contributed by atoms with E-state index in [4.69, 9.17) is 5.84 Å². The topological polar surface area (TPSA) is 29.3 Å². The summed E-state index contributed by atoms with van der Waals surface area (Å²) >= 11 is 3.33. The van der Waals surface area contributed by atoms with Crippen LogP contribution in [-0.2, 0) is 0 Å². The lowest BCUT2D eigenvalue weighted by Gasteiger charge is -2.16. The zero-order valence-corrected chi connectivity index (χ0v) is 7.79. The van der Waals surface area contributed by atoms with E-state index in [0.717, 1.165) is 17.6 Å². The van der Waals surface area contributed by atoms with E-state index >= 15 is 0 Å². The minimum absolute atomic E-state index is 0.823. The van der Waals surface area contributed by atoms with Gasteiger partial charge < -0.3 is 5.01 Å². The highest BCUT2D eigenvalue weighted by atomic mass is 79.9. The molecular formula is C8H11BrN2. The number of rotatable bonds is 3. The van der Waals surface area contributed by atoms with Gasteiger partial charge in [0.25, 0.3) is 0 Å². The maximum atomic E-state index is 5.71. The minimum atomic E-state index is 0.823. The molecular weight excluding hydrogens is 204 g/mol. The molecule has 0 radical (unpaired) electrons. The van der Waals surface area contributed by atoms with Crippen molar-refractivity contribution in [1.82, 2.24) is 0 Å². The van der Waals surface area contributed by atoms with Gasteiger partial charge in [0.1, 0.15) is 0 Å². The third-order valence-corrected chi connectivity index (χ3v) is 1.77. The molecule has 0 spiro atoms. The molecule has 0 aromatic heterocycles. The summed E-state index contributed by atoms with van der Waals surface area (Å²) in [5.74, 6) is 5.71. The molecule has 3 heteroatoms. The Morgan fingerprint density at radius 1 is 1.27 bits per heavy atom. The van der Waals surface area contributed by atoms with Gasteiger partial charge in [-0.2, -0.15) is 0 Å². The second-order valence-electron chi connectivity index (χ2n) is 2.22. The highest BCUT2D eigenvalue weighted by Crippen LogP contribution is 2.08. The molecule has 11 heavy (non-hydrogen) atoms. The second-order valence-corrected chi connectivity index (χ2v) is 3.01. The van der Waals surface area contributed by atoms with Gasteiger partial charge in [0.05, 0.1) is 5.69 Å². The average molecular weight is 215 g/mol. The van der Waals surface area contributed by atoms with Gasteiger partial charge in [-0.1, -0.05) is 34.1 Å². The van der Waals surface area contributed by atoms with Crippen LogP contribution in [0.15, 0.2) is 30.3 Å². The Balaban J connectivity index is 2.61. The van der Waals surface area contributed by atoms with E-state index in [0.29, 0.717) is 0 Å². The maximum Gasteiger partial charge on any atom is 0.0517 e. The van der Waals surface area contributed by atoms with Crippen molar-refractivity contribution in [2.45, 2.75) is 0 Å². The highest BCUT2D eigenvalue weighted by Gasteiger charge is 1.96. The van der Waals surface area contributed by atoms with Crippen molar-refractivity contribution in [3.8, 4) is 0 Å². The summed E-state index contributed by atoms with van der Waals surface area (Å²) in [4.78, 5) is 0. The smallest absolute Gasteiger partial charge is 0.0517 e. The van der Waals surface area contributed by atoms with Gasteiger partial charge in [-0.15, -0.1) is 0 Å². The van der Waals surface area contributed by atoms with Gasteiger partial charge in [-0.3, -0.25) is 0 Å². The average Bonchev–Trinajstić information content (AvgIpc) is 2.07. The number of hydrazine groups is 1. The van der Waals surface area contributed by atoms with Crippen LogP contribution < -0.4 is 10.9 Å². The predicted octanol–water partition coefficient (Wildman–Crippen LogP) is 1.76. The zero-order chi connectivity index (χ0) is 8.10. The first-order chi connectivity index (χ1) is 5.34. The van der Waals surface area contributed by atoms with Crippen LogP contribution in [0.25, 0.3) is 0 Å². The monoisotopic (exact) mass is 214 g/mol. The summed E-state index contributed by atoms with van der Waals surface area (Å²) in [6, 6.07) is 9.91. The number of halogens is 1. The first-order valence-corrected chi connectivity index (χ1v) is 4.60. The van der Waals surface area contributed by atoms with Crippen LogP contribution >= 0.6 is 15.9 Å². The summed E-state index contributed by atoms with van der Waals surface area (Å²) in [5, 5.41) is 2.60. The van der Waals surface area contributed by atoms with Crippen LogP contribution in [-0.4, -0.2) is 11.9 Å². The predicted molar refractivity (Wildman–Crippen MR) is 51.8 cm³/mol. The van der Waals surface area contributed by atoms with Crippen LogP contribution in [0.4, 0.5) is 5.69 Å². The molecule has 60 valence electrons. The molecule has 2 nitrogen and oxygen atoms in total. The summed E-state index contributed by atoms with van der Waals surface area (Å²) in [7, 11) is 0. The van der Waals surface area contributed by atoms with E-state index < -0.39 is 0 Å². The van der Waals surface area contributed by atoms with Crippen molar-refractivity contribution in [1.29, 1.82) is 0 Å². The summed E-state index contributed by atoms with van der Waals surface area (Å²) < 4.78 is 0. The van der Waals surface area contributed by atoms with Crippen molar-refractivity contribution >= 4 is 21.6 Å². The molecule has 0 aliphatic heterocycles. The quantitative estimate of drug-likeness (QED) is 0.473. The van der Waals surface area contributed by atoms with Crippen molar-refractivity contribution in [3.05, 3.63) is 30.3 Å². The van der Waals surface area contributed by atoms with E-state index in [-0.39, 0.29) is 0 Å². The SMILES string of the molecule is NN(CCBr)c1ccccc1. The Kier molecular flexibility index (Phi) is 3.39. The number of anilines is 1. The molecule has 0 unspecified atom stereocenters. The van der Waals surface area contributed by atoms with E-state index in [1.807, 2.05) is 30.3 Å². The van der Waals surface area contributed by atoms with Crippen LogP contribution in [0.5, 0.6) is 0 Å². The molecule has 0 fully saturated rings. The van der Waals surface area contributed by atoms with Gasteiger partial charge in [0.15, 0.2) is 0 Å². The van der Waals surface area contributed by atoms with Gasteiger partial charge in [0, 0.05) is 11.9 Å². The lowest BCUT2D eigenvalue weighted by Crippen LogP contribution is -2.32. The molecule has 0 atom stereocenters. The Hall–Kier alpha value is -0.540. The highest BCUT2D eigenvalue weighted by molar-refractivity contribution is 9.09. The number of para-hydroxylation sites is 1. The minimum Gasteiger partial charge on any atom is -0.310 e. The Morgan fingerprint density at radius 3 is 2.45 bits per heavy atom. The number of nitrogens with two attached hydrogens (primary N) is 1. The third-order valence-electron chi connectivity index (χ3n) is 1.41. The van der Waals surface area contributed by atoms with Gasteiger partial charge >= 0.3 is 0 Å². The molecule has 0 saturated carbocycles. The second kappa shape index (κ2) is 4.36. The molecule has 0 aliphatic rings. The Morgan fingerprint density at radius 2 is 1.91 bits per heavy atom. The van der Waals surface area contributed by atoms with E-state index in [2.05, 4.69) is 15.9 Å². The lowest BCUT2D eigenvalue weighted by atomic mass is 10.3. The van der Waals surface area contributed by atoms with Crippen molar-refractivity contribution in [2.24, 2.45) is 5.84 Å². The van der Waals surface area contributed by atoms with Crippen LogP contribution in [0.3, 0.4) is 0 Å². The van der Waals surface area contributed by atoms with Crippen molar-refractivity contribution in [3.63, 3.8) is 0 Å². The van der Waals surface area contributed by atoms with Gasteiger partial charge in [0.2, 0.25) is 0 Å². The fraction of sp³-hybridized carbons (Fsp3) is 0.250. The summed E-state index contributed by atoms with van der Waals surface area (Å²) in [5.41, 5.74) is 1.05. The molecule has 0 aliphatic carbocycles. The standard InChI is InChI=1S/C8H11BrN2/c9-6-7-11(10)8-4-2-1-3-5-8/h1-5H,6-7,10H2. The molecule has 2 N–H and O–H groups in total. The molecule has 0 saturated heterocycles. The normalized spacial score (nSPS) is 9.64. The van der Waals surface area contributed by atoms with E-state index in [1.54, 1.807) is 5.01 Å². The lowest BCUT2D eigenvalue weighted by molar-refractivity contribution is 0.903. The van der Waals surface area contributed by atoms with Crippen LogP contribution in [0, 0.1) is 0 Å². The van der Waals surface area contributed by atoms with Crippen molar-refractivity contribution < 1.29 is 0 Å². The van der Waals surface area contributed by atoms with E-state index in [9.17, 15) is 0 Å². The molecule has 0 amide bonds. The maximum absolute atomic E-state index is 5.71. The van der Waals surface area contributed by atoms with Gasteiger partial charge in [-0.25, -0.2) is 5.84 Å². The van der Waals surface area contributed by atoms with Crippen LogP contribution in [0.1, 0.15) is 0 Å². The zero-order valence-electron chi connectivity index (χ0n) is 6.20. The van der Waals surface area contributed by atoms with Crippen LogP contribution in [0.2, 0.25) is 0 Å². The largest absolute Gasteiger partial charge is 0.310 e. The fourth-order valence-electron chi connectivity index (χ4n) is 0.840. The van der Waals surface area contributed by atoms with E-state index in [1.165, 1.54) is 0 Å².